The second-order valence-electron chi connectivity index (χ2n) is 9.63. The molecule has 1 fully saturated rings. The number of hydrogen-bond donors (Lipinski definition) is 1. The van der Waals surface area contributed by atoms with Crippen LogP contribution in [0.3, 0.4) is 0 Å². The van der Waals surface area contributed by atoms with Crippen molar-refractivity contribution in [2.45, 2.75) is 52.7 Å². The summed E-state index contributed by atoms with van der Waals surface area (Å²) in [5.74, 6) is -0.181. The Labute approximate surface area is 205 Å². The van der Waals surface area contributed by atoms with Gasteiger partial charge < -0.3 is 9.88 Å². The van der Waals surface area contributed by atoms with Crippen molar-refractivity contribution < 1.29 is 4.79 Å². The quantitative estimate of drug-likeness (QED) is 0.447. The number of likely N-dealkylation sites (tertiary alicyclic amines) is 1. The van der Waals surface area contributed by atoms with Gasteiger partial charge in [-0.1, -0.05) is 48.9 Å². The molecule has 35 heavy (non-hydrogen) atoms. The van der Waals surface area contributed by atoms with Gasteiger partial charge in [-0.25, -0.2) is 4.68 Å². The molecule has 1 unspecified atom stereocenters. The second-order valence-corrected chi connectivity index (χ2v) is 9.63. The molecule has 1 N–H and O–H groups in total. The number of carbonyl (C=O) groups excluding carboxylic acids is 1. The van der Waals surface area contributed by atoms with Gasteiger partial charge in [-0.05, 0) is 57.0 Å². The average molecular weight is 472 g/mol. The Kier molecular flexibility index (Phi) is 6.43. The fourth-order valence-corrected chi connectivity index (χ4v) is 5.38. The maximum absolute atomic E-state index is 13.6. The molecule has 1 aliphatic rings. The van der Waals surface area contributed by atoms with E-state index in [0.717, 1.165) is 42.2 Å². The highest BCUT2D eigenvalue weighted by Crippen LogP contribution is 2.28. The first kappa shape index (κ1) is 23.3. The third-order valence-electron chi connectivity index (χ3n) is 7.34. The first-order valence-corrected chi connectivity index (χ1v) is 12.5. The summed E-state index contributed by atoms with van der Waals surface area (Å²) in [6.07, 6.45) is 3.98. The van der Waals surface area contributed by atoms with Crippen molar-refractivity contribution in [3.05, 3.63) is 75.7 Å². The normalized spacial score (nSPS) is 16.4. The van der Waals surface area contributed by atoms with E-state index in [2.05, 4.69) is 58.9 Å². The molecule has 0 aliphatic carbocycles. The van der Waals surface area contributed by atoms with Gasteiger partial charge in [0.2, 0.25) is 5.91 Å². The van der Waals surface area contributed by atoms with Crippen molar-refractivity contribution in [2.24, 2.45) is 0 Å². The summed E-state index contributed by atoms with van der Waals surface area (Å²) in [5, 5.41) is 9.21. The molecule has 1 aliphatic heterocycles. The van der Waals surface area contributed by atoms with E-state index < -0.39 is 0 Å². The number of nitrogens with zero attached hydrogens (tertiary/aromatic N) is 4. The van der Waals surface area contributed by atoms with E-state index >= 15 is 0 Å². The molecule has 7 nitrogen and oxygen atoms in total. The monoisotopic (exact) mass is 471 g/mol. The molecule has 1 amide bonds. The molecule has 7 heteroatoms. The fraction of sp³-hybridized carbons (Fsp3) is 0.393. The van der Waals surface area contributed by atoms with Crippen molar-refractivity contribution in [1.82, 2.24) is 24.6 Å². The van der Waals surface area contributed by atoms with E-state index in [1.807, 2.05) is 24.3 Å². The highest BCUT2D eigenvalue weighted by Gasteiger charge is 2.23. The zero-order valence-corrected chi connectivity index (χ0v) is 20.8. The molecular weight excluding hydrogens is 438 g/mol. The third kappa shape index (κ3) is 4.48. The minimum Gasteiger partial charge on any atom is -0.353 e. The lowest BCUT2D eigenvalue weighted by Crippen LogP contribution is -2.42. The Morgan fingerprint density at radius 2 is 1.97 bits per heavy atom. The maximum Gasteiger partial charge on any atom is 0.291 e. The number of rotatable bonds is 7. The standard InChI is InChI=1S/C28H33N5O2/c1-4-31-13-7-8-22(31)15-29-26(34)18-33-28(35)27-24(16-30-33)23-9-5-6-10-25(23)32(27)17-21-14-19(2)11-12-20(21)3/h5-6,9-12,14,16,22H,4,7-8,13,15,17-18H2,1-3H3,(H,29,34). The highest BCUT2D eigenvalue weighted by atomic mass is 16.2. The Morgan fingerprint density at radius 3 is 2.80 bits per heavy atom. The van der Waals surface area contributed by atoms with Gasteiger partial charge >= 0.3 is 0 Å². The molecule has 0 bridgehead atoms. The van der Waals surface area contributed by atoms with Crippen molar-refractivity contribution in [3.63, 3.8) is 0 Å². The number of benzene rings is 2. The van der Waals surface area contributed by atoms with E-state index in [9.17, 15) is 9.59 Å². The van der Waals surface area contributed by atoms with Crippen LogP contribution in [0, 0.1) is 13.8 Å². The molecule has 2 aromatic heterocycles. The minimum atomic E-state index is -0.241. The van der Waals surface area contributed by atoms with Gasteiger partial charge in [0.05, 0.1) is 6.20 Å². The number of amides is 1. The van der Waals surface area contributed by atoms with Crippen LogP contribution in [0.2, 0.25) is 0 Å². The van der Waals surface area contributed by atoms with E-state index in [1.54, 1.807) is 6.20 Å². The lowest BCUT2D eigenvalue weighted by molar-refractivity contribution is -0.122. The van der Waals surface area contributed by atoms with Gasteiger partial charge in [-0.2, -0.15) is 5.10 Å². The number of aromatic nitrogens is 3. The Morgan fingerprint density at radius 1 is 1.14 bits per heavy atom. The minimum absolute atomic E-state index is 0.0847. The lowest BCUT2D eigenvalue weighted by Gasteiger charge is -2.22. The summed E-state index contributed by atoms with van der Waals surface area (Å²) in [4.78, 5) is 28.8. The van der Waals surface area contributed by atoms with Crippen molar-refractivity contribution in [2.75, 3.05) is 19.6 Å². The molecule has 1 saturated heterocycles. The summed E-state index contributed by atoms with van der Waals surface area (Å²) in [5.41, 5.74) is 4.88. The van der Waals surface area contributed by atoms with E-state index in [0.29, 0.717) is 24.6 Å². The van der Waals surface area contributed by atoms with Crippen LogP contribution in [0.1, 0.15) is 36.5 Å². The van der Waals surface area contributed by atoms with Crippen LogP contribution in [0.25, 0.3) is 21.8 Å². The molecule has 0 radical (unpaired) electrons. The zero-order chi connectivity index (χ0) is 24.5. The van der Waals surface area contributed by atoms with Crippen molar-refractivity contribution in [1.29, 1.82) is 0 Å². The van der Waals surface area contributed by atoms with E-state index in [4.69, 9.17) is 0 Å². The maximum atomic E-state index is 13.6. The van der Waals surface area contributed by atoms with Gasteiger partial charge in [0.15, 0.2) is 0 Å². The van der Waals surface area contributed by atoms with Crippen LogP contribution in [-0.2, 0) is 17.9 Å². The molecule has 2 aromatic carbocycles. The number of carbonyl (C=O) groups is 1. The first-order chi connectivity index (χ1) is 17.0. The molecule has 5 rings (SSSR count). The second kappa shape index (κ2) is 9.66. The van der Waals surface area contributed by atoms with Gasteiger partial charge in [0.1, 0.15) is 12.1 Å². The van der Waals surface area contributed by atoms with Crippen LogP contribution in [0.15, 0.2) is 53.5 Å². The molecule has 4 aromatic rings. The average Bonchev–Trinajstić information content (AvgIpc) is 3.44. The fourth-order valence-electron chi connectivity index (χ4n) is 5.38. The zero-order valence-electron chi connectivity index (χ0n) is 20.8. The predicted molar refractivity (Wildman–Crippen MR) is 140 cm³/mol. The summed E-state index contributed by atoms with van der Waals surface area (Å²) in [6.45, 7) is 9.50. The van der Waals surface area contributed by atoms with Crippen LogP contribution < -0.4 is 10.9 Å². The van der Waals surface area contributed by atoms with Gasteiger partial charge in [0, 0.05) is 35.4 Å². The molecule has 0 saturated carbocycles. The van der Waals surface area contributed by atoms with E-state index in [1.165, 1.54) is 21.4 Å². The largest absolute Gasteiger partial charge is 0.353 e. The SMILES string of the molecule is CCN1CCCC1CNC(=O)Cn1ncc2c3ccccc3n(Cc3cc(C)ccc3C)c2c1=O. The van der Waals surface area contributed by atoms with E-state index in [-0.39, 0.29) is 18.0 Å². The number of nitrogens with one attached hydrogen (secondary N) is 1. The van der Waals surface area contributed by atoms with Gasteiger partial charge in [0.25, 0.3) is 5.56 Å². The van der Waals surface area contributed by atoms with Crippen LogP contribution in [-0.4, -0.2) is 50.8 Å². The third-order valence-corrected chi connectivity index (χ3v) is 7.34. The molecular formula is C28H33N5O2. The Balaban J connectivity index is 1.48. The highest BCUT2D eigenvalue weighted by molar-refractivity contribution is 6.07. The summed E-state index contributed by atoms with van der Waals surface area (Å²) >= 11 is 0. The molecule has 0 spiro atoms. The Hall–Kier alpha value is -3.45. The number of hydrogen-bond acceptors (Lipinski definition) is 4. The molecule has 182 valence electrons. The molecule has 3 heterocycles. The number of likely N-dealkylation sites (N-methyl/N-ethyl adjacent to an activating group) is 1. The van der Waals surface area contributed by atoms with Crippen LogP contribution in [0.5, 0.6) is 0 Å². The van der Waals surface area contributed by atoms with Gasteiger partial charge in [-0.3, -0.25) is 14.5 Å². The summed E-state index contributed by atoms with van der Waals surface area (Å²) in [7, 11) is 0. The first-order valence-electron chi connectivity index (χ1n) is 12.5. The van der Waals surface area contributed by atoms with Crippen LogP contribution in [0.4, 0.5) is 0 Å². The number of fused-ring (bicyclic) bond motifs is 3. The van der Waals surface area contributed by atoms with Gasteiger partial charge in [-0.15, -0.1) is 0 Å². The smallest absolute Gasteiger partial charge is 0.291 e. The molecule has 1 atom stereocenters. The lowest BCUT2D eigenvalue weighted by atomic mass is 10.1. The van der Waals surface area contributed by atoms with Crippen molar-refractivity contribution in [3.8, 4) is 0 Å². The summed E-state index contributed by atoms with van der Waals surface area (Å²) in [6, 6.07) is 14.8. The Bertz CT molecular complexity index is 1450. The summed E-state index contributed by atoms with van der Waals surface area (Å²) < 4.78 is 3.37. The topological polar surface area (TPSA) is 72.2 Å². The number of para-hydroxylation sites is 1. The number of aryl methyl sites for hydroxylation is 2. The van der Waals surface area contributed by atoms with Crippen molar-refractivity contribution >= 4 is 27.7 Å². The van der Waals surface area contributed by atoms with Crippen LogP contribution >= 0.6 is 0 Å². The predicted octanol–water partition coefficient (Wildman–Crippen LogP) is 3.62.